The number of aldehydes is 1. The van der Waals surface area contributed by atoms with Gasteiger partial charge in [0, 0.05) is 7.11 Å². The molecule has 0 heterocycles. The minimum Gasteiger partial charge on any atom is -0.521 e. The smallest absolute Gasteiger partial charge is 0.139 e. The summed E-state index contributed by atoms with van der Waals surface area (Å²) in [5.74, 6) is 0. The van der Waals surface area contributed by atoms with Crippen LogP contribution in [-0.2, 0) is 21.4 Å². The minimum absolute atomic E-state index is 0. The molecule has 0 radical (unpaired) electrons. The monoisotopic (exact) mass is 521 g/mol. The van der Waals surface area contributed by atoms with Crippen molar-refractivity contribution in [3.8, 4) is 0 Å². The first-order chi connectivity index (χ1) is 8.97. The molecule has 4 nitrogen and oxygen atoms in total. The van der Waals surface area contributed by atoms with E-state index >= 15 is 0 Å². The fourth-order valence-electron chi connectivity index (χ4n) is 1.60. The van der Waals surface area contributed by atoms with E-state index in [1.807, 2.05) is 12.1 Å². The molecule has 1 unspecified atom stereocenters. The van der Waals surface area contributed by atoms with E-state index in [0.717, 1.165) is 19.0 Å². The zero-order valence-electron chi connectivity index (χ0n) is 12.2. The molecule has 0 aliphatic carbocycles. The fourth-order valence-corrected chi connectivity index (χ4v) is 1.60. The number of amides is 1. The number of hydrogen-bond acceptors (Lipinski definition) is 3. The number of rotatable bonds is 5. The average Bonchev–Trinajstić information content (AvgIpc) is 2.40. The molecule has 0 aliphatic heterocycles. The third kappa shape index (κ3) is 6.31. The van der Waals surface area contributed by atoms with Gasteiger partial charge in [-0.2, -0.15) is 6.41 Å². The standard InChI is InChI=1S/C14H18NO2.CH4O.Fm/c1-14(2,3)12-6-4-11(5-7-12)8-13(9-16)15-10-17;1-2;/h4-7,9,13H,8H2,1-3H3,(H,15,17);2H,1H3;/q-1;;. The molecule has 2 N–H and O–H groups in total. The second kappa shape index (κ2) is 9.28. The van der Waals surface area contributed by atoms with E-state index in [1.54, 1.807) is 6.41 Å². The number of carbonyl (C=O) groups is 1. The number of aliphatic hydroxyl groups excluding tert-OH is 1. The summed E-state index contributed by atoms with van der Waals surface area (Å²) < 4.78 is 0. The Hall–Kier alpha value is -2.68. The zero-order chi connectivity index (χ0) is 14.9. The van der Waals surface area contributed by atoms with Crippen molar-refractivity contribution < 1.29 is 14.7 Å². The van der Waals surface area contributed by atoms with Crippen molar-refractivity contribution in [2.75, 3.05) is 7.11 Å². The maximum atomic E-state index is 10.7. The van der Waals surface area contributed by atoms with Crippen LogP contribution in [0.5, 0.6) is 0 Å². The van der Waals surface area contributed by atoms with Crippen LogP contribution in [0.4, 0.5) is 0 Å². The second-order valence-corrected chi connectivity index (χ2v) is 5.14. The Labute approximate surface area is 114 Å². The van der Waals surface area contributed by atoms with Gasteiger partial charge in [0.1, 0.15) is 6.29 Å². The maximum absolute atomic E-state index is 10.7. The van der Waals surface area contributed by atoms with Crippen molar-refractivity contribution >= 4 is 12.7 Å². The summed E-state index contributed by atoms with van der Waals surface area (Å²) in [6.45, 7) is 6.46. The van der Waals surface area contributed by atoms with E-state index in [2.05, 4.69) is 38.2 Å². The molecular weight excluding hydrogens is 499 g/mol. The molecule has 1 atom stereocenters. The fraction of sp³-hybridized carbons (Fsp3) is 0.467. The van der Waals surface area contributed by atoms with Crippen LogP contribution in [-0.4, -0.2) is 31.0 Å². The van der Waals surface area contributed by atoms with Gasteiger partial charge in [-0.1, -0.05) is 45.0 Å². The molecular formula is C15H22FmNO3-. The van der Waals surface area contributed by atoms with E-state index in [9.17, 15) is 9.59 Å². The molecule has 0 fully saturated rings. The molecule has 0 bridgehead atoms. The largest absolute Gasteiger partial charge is 0.521 e. The summed E-state index contributed by atoms with van der Waals surface area (Å²) in [4.78, 5) is 20.8. The summed E-state index contributed by atoms with van der Waals surface area (Å²) in [5, 5.41) is 9.35. The Bertz CT molecular complexity index is 385. The Morgan fingerprint density at radius 2 is 1.75 bits per heavy atom. The third-order valence-corrected chi connectivity index (χ3v) is 2.68. The van der Waals surface area contributed by atoms with Gasteiger partial charge in [-0.05, 0) is 23.0 Å². The third-order valence-electron chi connectivity index (χ3n) is 2.68. The van der Waals surface area contributed by atoms with Crippen LogP contribution in [0, 0.1) is 0 Å². The van der Waals surface area contributed by atoms with Crippen molar-refractivity contribution in [1.82, 2.24) is 5.32 Å². The summed E-state index contributed by atoms with van der Waals surface area (Å²) >= 11 is 0. The van der Waals surface area contributed by atoms with Gasteiger partial charge in [0.05, 0.1) is 6.04 Å². The first-order valence-electron chi connectivity index (χ1n) is 6.09. The van der Waals surface area contributed by atoms with Crippen molar-refractivity contribution in [2.45, 2.75) is 38.6 Å². The Morgan fingerprint density at radius 1 is 1.25 bits per heavy atom. The molecule has 0 aromatic heterocycles. The van der Waals surface area contributed by atoms with E-state index in [0.29, 0.717) is 6.42 Å². The quantitative estimate of drug-likeness (QED) is 0.350. The predicted octanol–water partition coefficient (Wildman–Crippen LogP) is 1.36. The minimum atomic E-state index is -0.493. The Balaban J connectivity index is 0. The summed E-state index contributed by atoms with van der Waals surface area (Å²) in [7, 11) is 1.00. The molecule has 0 aliphatic rings. The van der Waals surface area contributed by atoms with Crippen LogP contribution in [0.3, 0.4) is 0 Å². The van der Waals surface area contributed by atoms with Crippen LogP contribution in [0.1, 0.15) is 31.9 Å². The molecule has 5 heteroatoms. The first-order valence-corrected chi connectivity index (χ1v) is 6.09. The number of benzene rings is 1. The van der Waals surface area contributed by atoms with Gasteiger partial charge >= 0.3 is 0 Å². The maximum Gasteiger partial charge on any atom is 0.139 e. The molecule has 1 rings (SSSR count). The average molecular weight is 521 g/mol. The molecule has 1 aromatic rings. The second-order valence-electron chi connectivity index (χ2n) is 5.14. The molecule has 118 valence electrons. The molecule has 0 saturated carbocycles. The van der Waals surface area contributed by atoms with Crippen LogP contribution < -0.4 is 5.32 Å². The summed E-state index contributed by atoms with van der Waals surface area (Å²) in [6.07, 6.45) is 2.77. The normalized spacial score (nSPS) is 11.2. The number of hydrogen-bond donors (Lipinski definition) is 2. The van der Waals surface area contributed by atoms with Gasteiger partial charge in [-0.3, -0.25) is 0 Å². The molecule has 1 aromatic carbocycles. The summed E-state index contributed by atoms with van der Waals surface area (Å²) in [5.41, 5.74) is 2.40. The van der Waals surface area contributed by atoms with E-state index in [1.165, 1.54) is 5.56 Å². The number of aliphatic hydroxyl groups is 1. The zero-order valence-corrected chi connectivity index (χ0v) is 14.6. The van der Waals surface area contributed by atoms with Crippen molar-refractivity contribution in [1.29, 1.82) is 0 Å². The van der Waals surface area contributed by atoms with Gasteiger partial charge in [0.2, 0.25) is 0 Å². The van der Waals surface area contributed by atoms with Crippen LogP contribution in [0.2, 0.25) is 0 Å². The predicted molar refractivity (Wildman–Crippen MR) is 75.7 cm³/mol. The van der Waals surface area contributed by atoms with Gasteiger partial charge < -0.3 is 20.0 Å². The Kier molecular flexibility index (Phi) is 9.12. The van der Waals surface area contributed by atoms with E-state index < -0.39 is 6.04 Å². The number of nitrogens with one attached hydrogen (secondary N) is 1. The molecule has 0 saturated heterocycles. The topological polar surface area (TPSA) is 66.4 Å². The molecule has 20 heavy (non-hydrogen) atoms. The van der Waals surface area contributed by atoms with Gasteiger partial charge in [-0.15, -0.1) is 0 Å². The van der Waals surface area contributed by atoms with Crippen molar-refractivity contribution in [2.24, 2.45) is 0 Å². The van der Waals surface area contributed by atoms with E-state index in [4.69, 9.17) is 5.11 Å². The van der Waals surface area contributed by atoms with Gasteiger partial charge in [0.25, 0.3) is 0 Å². The first kappa shape index (κ1) is 19.7. The van der Waals surface area contributed by atoms with Crippen molar-refractivity contribution in [3.63, 3.8) is 0 Å². The summed E-state index contributed by atoms with van der Waals surface area (Å²) in [6, 6.07) is 7.60. The van der Waals surface area contributed by atoms with Crippen LogP contribution >= 0.6 is 0 Å². The van der Waals surface area contributed by atoms with Gasteiger partial charge in [-0.25, -0.2) is 0 Å². The molecule has 0 spiro atoms. The van der Waals surface area contributed by atoms with Crippen molar-refractivity contribution in [3.05, 3.63) is 35.4 Å². The van der Waals surface area contributed by atoms with Gasteiger partial charge in [0.15, 0.2) is 0 Å². The number of carbonyl (C=O) groups excluding carboxylic acids is 2. The molecule has 1 amide bonds. The van der Waals surface area contributed by atoms with Crippen LogP contribution in [0.25, 0.3) is 0 Å². The SMILES string of the molecule is CC(C)(C)c1ccc(CC(C=O)N[C-]=O)cc1.CO.[Fm]. The Morgan fingerprint density at radius 3 is 2.10 bits per heavy atom. The van der Waals surface area contributed by atoms with E-state index in [-0.39, 0.29) is 5.41 Å². The van der Waals surface area contributed by atoms with Crippen LogP contribution in [0.15, 0.2) is 24.3 Å².